The molecule has 3 aromatic rings. The smallest absolute Gasteiger partial charge is 0.337 e. The first kappa shape index (κ1) is 22.3. The Labute approximate surface area is 197 Å². The number of carboxylic acid groups (broad SMARTS) is 1. The van der Waals surface area contributed by atoms with Crippen LogP contribution in [0.25, 0.3) is 17.4 Å². The molecule has 1 aliphatic rings. The topological polar surface area (TPSA) is 117 Å². The lowest BCUT2D eigenvalue weighted by atomic mass is 10.1. The van der Waals surface area contributed by atoms with Crippen molar-refractivity contribution < 1.29 is 28.7 Å². The molecular formula is C23H14Cl2N2O6. The van der Waals surface area contributed by atoms with Crippen LogP contribution in [-0.4, -0.2) is 28.9 Å². The van der Waals surface area contributed by atoms with Gasteiger partial charge < -0.3 is 9.52 Å². The molecular weight excluding hydrogens is 471 g/mol. The highest BCUT2D eigenvalue weighted by Gasteiger charge is 2.37. The monoisotopic (exact) mass is 484 g/mol. The van der Waals surface area contributed by atoms with Crippen LogP contribution in [0, 0.1) is 6.92 Å². The third kappa shape index (κ3) is 4.13. The van der Waals surface area contributed by atoms with E-state index in [9.17, 15) is 24.3 Å². The van der Waals surface area contributed by atoms with Gasteiger partial charge in [0.05, 0.1) is 16.3 Å². The van der Waals surface area contributed by atoms with Crippen molar-refractivity contribution in [2.45, 2.75) is 6.92 Å². The molecule has 166 valence electrons. The fourth-order valence-corrected chi connectivity index (χ4v) is 3.65. The molecule has 0 bridgehead atoms. The molecule has 0 saturated carbocycles. The van der Waals surface area contributed by atoms with Crippen LogP contribution in [0.1, 0.15) is 21.7 Å². The third-order valence-corrected chi connectivity index (χ3v) is 5.72. The van der Waals surface area contributed by atoms with Gasteiger partial charge in [-0.1, -0.05) is 29.3 Å². The number of barbiturate groups is 1. The normalized spacial score (nSPS) is 15.2. The molecule has 10 heteroatoms. The molecule has 0 atom stereocenters. The van der Waals surface area contributed by atoms with E-state index in [0.29, 0.717) is 21.9 Å². The Bertz CT molecular complexity index is 1380. The predicted molar refractivity (Wildman–Crippen MR) is 121 cm³/mol. The largest absolute Gasteiger partial charge is 0.478 e. The molecule has 2 aromatic carbocycles. The maximum absolute atomic E-state index is 13.1. The number of urea groups is 1. The molecule has 1 aliphatic heterocycles. The molecule has 8 nitrogen and oxygen atoms in total. The van der Waals surface area contributed by atoms with Crippen molar-refractivity contribution in [1.29, 1.82) is 0 Å². The lowest BCUT2D eigenvalue weighted by molar-refractivity contribution is -0.122. The number of benzene rings is 2. The molecule has 1 saturated heterocycles. The van der Waals surface area contributed by atoms with Crippen molar-refractivity contribution in [2.24, 2.45) is 0 Å². The molecule has 0 aliphatic carbocycles. The Morgan fingerprint density at radius 1 is 1.06 bits per heavy atom. The number of hydrogen-bond acceptors (Lipinski definition) is 5. The van der Waals surface area contributed by atoms with Gasteiger partial charge in [0.15, 0.2) is 0 Å². The van der Waals surface area contributed by atoms with Gasteiger partial charge in [0, 0.05) is 10.6 Å². The number of anilines is 1. The minimum absolute atomic E-state index is 0.0747. The zero-order chi connectivity index (χ0) is 23.9. The number of carboxylic acids is 1. The van der Waals surface area contributed by atoms with Gasteiger partial charge in [0.2, 0.25) is 0 Å². The van der Waals surface area contributed by atoms with E-state index in [-0.39, 0.29) is 27.6 Å². The van der Waals surface area contributed by atoms with E-state index in [2.05, 4.69) is 5.32 Å². The molecule has 1 fully saturated rings. The van der Waals surface area contributed by atoms with Gasteiger partial charge in [0.1, 0.15) is 17.1 Å². The standard InChI is InChI=1S/C23H14Cl2N2O6/c1-11-16(24)3-2-4-18(11)27-21(29)15(20(28)26-23(27)32)10-13-6-8-19(33-13)12-5-7-17(25)14(9-12)22(30)31/h2-10H,1H3,(H,30,31)(H,26,28,32)/b15-10-. The zero-order valence-corrected chi connectivity index (χ0v) is 18.4. The number of carbonyl (C=O) groups is 4. The molecule has 2 N–H and O–H groups in total. The van der Waals surface area contributed by atoms with Crippen molar-refractivity contribution in [3.05, 3.63) is 81.0 Å². The molecule has 0 spiro atoms. The molecule has 4 rings (SSSR count). The Morgan fingerprint density at radius 2 is 1.82 bits per heavy atom. The van der Waals surface area contributed by atoms with Gasteiger partial charge in [-0.05, 0) is 61.0 Å². The predicted octanol–water partition coefficient (Wildman–Crippen LogP) is 4.93. The molecule has 0 radical (unpaired) electrons. The van der Waals surface area contributed by atoms with E-state index in [0.717, 1.165) is 4.90 Å². The fourth-order valence-electron chi connectivity index (χ4n) is 3.28. The summed E-state index contributed by atoms with van der Waals surface area (Å²) in [5.41, 5.74) is 0.752. The zero-order valence-electron chi connectivity index (χ0n) is 16.9. The van der Waals surface area contributed by atoms with Crippen LogP contribution in [0.2, 0.25) is 10.0 Å². The summed E-state index contributed by atoms with van der Waals surface area (Å²) in [7, 11) is 0. The molecule has 0 unspecified atom stereocenters. The van der Waals surface area contributed by atoms with Gasteiger partial charge in [-0.3, -0.25) is 14.9 Å². The van der Waals surface area contributed by atoms with Crippen molar-refractivity contribution in [3.63, 3.8) is 0 Å². The van der Waals surface area contributed by atoms with Crippen molar-refractivity contribution in [3.8, 4) is 11.3 Å². The summed E-state index contributed by atoms with van der Waals surface area (Å²) in [5, 5.41) is 11.8. The average molecular weight is 485 g/mol. The van der Waals surface area contributed by atoms with Crippen LogP contribution in [0.5, 0.6) is 0 Å². The maximum atomic E-state index is 13.1. The van der Waals surface area contributed by atoms with Crippen LogP contribution >= 0.6 is 23.2 Å². The number of furan rings is 1. The summed E-state index contributed by atoms with van der Waals surface area (Å²) in [6.45, 7) is 1.65. The summed E-state index contributed by atoms with van der Waals surface area (Å²) in [5.74, 6) is -2.47. The van der Waals surface area contributed by atoms with E-state index in [1.165, 1.54) is 30.3 Å². The summed E-state index contributed by atoms with van der Waals surface area (Å²) in [6.07, 6.45) is 1.20. The van der Waals surface area contributed by atoms with Crippen LogP contribution in [0.3, 0.4) is 0 Å². The number of halogens is 2. The first-order valence-electron chi connectivity index (χ1n) is 9.47. The van der Waals surface area contributed by atoms with E-state index >= 15 is 0 Å². The number of carbonyl (C=O) groups excluding carboxylic acids is 3. The van der Waals surface area contributed by atoms with Gasteiger partial charge in [-0.15, -0.1) is 0 Å². The highest BCUT2D eigenvalue weighted by molar-refractivity contribution is 6.40. The van der Waals surface area contributed by atoms with E-state index in [1.54, 1.807) is 31.2 Å². The summed E-state index contributed by atoms with van der Waals surface area (Å²) < 4.78 is 5.69. The minimum Gasteiger partial charge on any atom is -0.478 e. The first-order chi connectivity index (χ1) is 15.7. The second kappa shape index (κ2) is 8.57. The highest BCUT2D eigenvalue weighted by Crippen LogP contribution is 2.31. The summed E-state index contributed by atoms with van der Waals surface area (Å²) >= 11 is 12.0. The van der Waals surface area contributed by atoms with Gasteiger partial charge in [-0.25, -0.2) is 14.5 Å². The second-order valence-corrected chi connectivity index (χ2v) is 7.86. The van der Waals surface area contributed by atoms with Crippen molar-refractivity contribution in [1.82, 2.24) is 5.32 Å². The Hall–Kier alpha value is -3.88. The number of nitrogens with zero attached hydrogens (tertiary/aromatic N) is 1. The van der Waals surface area contributed by atoms with Gasteiger partial charge in [-0.2, -0.15) is 0 Å². The molecule has 33 heavy (non-hydrogen) atoms. The van der Waals surface area contributed by atoms with Crippen LogP contribution in [0.4, 0.5) is 10.5 Å². The van der Waals surface area contributed by atoms with Crippen LogP contribution in [-0.2, 0) is 9.59 Å². The number of amides is 4. The van der Waals surface area contributed by atoms with Gasteiger partial charge >= 0.3 is 12.0 Å². The van der Waals surface area contributed by atoms with Gasteiger partial charge in [0.25, 0.3) is 11.8 Å². The summed E-state index contributed by atoms with van der Waals surface area (Å²) in [4.78, 5) is 50.0. The van der Waals surface area contributed by atoms with Crippen LogP contribution in [0.15, 0.2) is 58.5 Å². The number of hydrogen-bond donors (Lipinski definition) is 2. The minimum atomic E-state index is -1.19. The third-order valence-electron chi connectivity index (χ3n) is 4.98. The number of aromatic carboxylic acids is 1. The molecule has 2 heterocycles. The second-order valence-electron chi connectivity index (χ2n) is 7.04. The molecule has 4 amide bonds. The van der Waals surface area contributed by atoms with E-state index in [4.69, 9.17) is 27.6 Å². The van der Waals surface area contributed by atoms with E-state index in [1.807, 2.05) is 0 Å². The lowest BCUT2D eigenvalue weighted by Gasteiger charge is -2.27. The van der Waals surface area contributed by atoms with Crippen molar-refractivity contribution in [2.75, 3.05) is 4.90 Å². The quantitative estimate of drug-likeness (QED) is 0.400. The SMILES string of the molecule is Cc1c(Cl)cccc1N1C(=O)NC(=O)/C(=C/c2ccc(-c3ccc(Cl)c(C(=O)O)c3)o2)C1=O. The maximum Gasteiger partial charge on any atom is 0.337 e. The van der Waals surface area contributed by atoms with E-state index < -0.39 is 23.8 Å². The van der Waals surface area contributed by atoms with Crippen LogP contribution < -0.4 is 10.2 Å². The fraction of sp³-hybridized carbons (Fsp3) is 0.0435. The highest BCUT2D eigenvalue weighted by atomic mass is 35.5. The Morgan fingerprint density at radius 3 is 2.55 bits per heavy atom. The Balaban J connectivity index is 1.70. The summed E-state index contributed by atoms with van der Waals surface area (Å²) in [6, 6.07) is 11.3. The average Bonchev–Trinajstić information content (AvgIpc) is 3.23. The molecule has 1 aromatic heterocycles. The first-order valence-corrected chi connectivity index (χ1v) is 10.2. The lowest BCUT2D eigenvalue weighted by Crippen LogP contribution is -2.54. The Kier molecular flexibility index (Phi) is 5.80. The number of rotatable bonds is 4. The number of imide groups is 2. The number of nitrogens with one attached hydrogen (secondary N) is 1. The van der Waals surface area contributed by atoms with Crippen molar-refractivity contribution >= 4 is 58.8 Å².